The summed E-state index contributed by atoms with van der Waals surface area (Å²) in [4.78, 5) is 0.332. The van der Waals surface area contributed by atoms with Crippen LogP contribution >= 0.6 is 11.6 Å². The van der Waals surface area contributed by atoms with E-state index < -0.39 is 15.9 Å². The normalized spacial score (nSPS) is 29.6. The second kappa shape index (κ2) is 18.1. The Bertz CT molecular complexity index is 1230. The van der Waals surface area contributed by atoms with Gasteiger partial charge < -0.3 is 24.1 Å². The Morgan fingerprint density at radius 2 is 1.72 bits per heavy atom. The molecular weight excluding hydrogens is 636 g/mol. The molecule has 3 fully saturated rings. The molecule has 0 unspecified atom stereocenters. The van der Waals surface area contributed by atoms with E-state index in [0.29, 0.717) is 36.9 Å². The molecule has 1 aromatic carbocycles. The van der Waals surface area contributed by atoms with Crippen LogP contribution in [0.5, 0.6) is 0 Å². The third-order valence-electron chi connectivity index (χ3n) is 10.6. The van der Waals surface area contributed by atoms with E-state index in [1.807, 2.05) is 6.07 Å². The molecule has 7 nitrogen and oxygen atoms in total. The Balaban J connectivity index is 1.25. The largest absolute Gasteiger partial charge is 0.389 e. The first kappa shape index (κ1) is 38.5. The van der Waals surface area contributed by atoms with Gasteiger partial charge in [0.05, 0.1) is 54.4 Å². The highest BCUT2D eigenvalue weighted by Gasteiger charge is 2.45. The summed E-state index contributed by atoms with van der Waals surface area (Å²) >= 11 is 6.82. The van der Waals surface area contributed by atoms with E-state index in [-0.39, 0.29) is 59.6 Å². The highest BCUT2D eigenvalue weighted by molar-refractivity contribution is 7.91. The monoisotopic (exact) mass is 694 g/mol. The van der Waals surface area contributed by atoms with Gasteiger partial charge in [0.2, 0.25) is 0 Å². The van der Waals surface area contributed by atoms with Gasteiger partial charge in [-0.3, -0.25) is 0 Å². The standard InChI is InChI=1S/C38H59ClO7S/c1-7-25(2)21-36-29(6)33(24-47(41,42)32-11-9-8-10-12-32)37(46-36)23-34(40)27(4)19-26(3)20-30(39)13-15-35-28(5)22-31(45-35)14-16-38-43-17-18-44-38/h8-12,25-26,29-31,33-38,40H,4-5,7,13-24H2,1-3,6H3/t25-,26+,29-,30+,31+,33-,34-,35+,36-,37+/m1/s1. The number of sulfone groups is 1. The van der Waals surface area contributed by atoms with E-state index in [0.717, 1.165) is 62.5 Å². The number of hydrogen-bond acceptors (Lipinski definition) is 7. The van der Waals surface area contributed by atoms with Crippen molar-refractivity contribution in [1.82, 2.24) is 0 Å². The summed E-state index contributed by atoms with van der Waals surface area (Å²) in [6.07, 6.45) is 6.93. The summed E-state index contributed by atoms with van der Waals surface area (Å²) < 4.78 is 50.8. The van der Waals surface area contributed by atoms with Crippen LogP contribution in [0, 0.1) is 23.7 Å². The van der Waals surface area contributed by atoms with E-state index in [1.54, 1.807) is 24.3 Å². The van der Waals surface area contributed by atoms with E-state index >= 15 is 0 Å². The van der Waals surface area contributed by atoms with Gasteiger partial charge in [-0.15, -0.1) is 11.6 Å². The van der Waals surface area contributed by atoms with Crippen molar-refractivity contribution in [3.63, 3.8) is 0 Å². The van der Waals surface area contributed by atoms with Crippen molar-refractivity contribution in [3.8, 4) is 0 Å². The quantitative estimate of drug-likeness (QED) is 0.116. The maximum absolute atomic E-state index is 13.4. The Morgan fingerprint density at radius 3 is 2.40 bits per heavy atom. The molecular formula is C38H59ClO7S. The van der Waals surface area contributed by atoms with Crippen molar-refractivity contribution in [2.24, 2.45) is 23.7 Å². The average Bonchev–Trinajstić information content (AvgIpc) is 3.75. The lowest BCUT2D eigenvalue weighted by atomic mass is 9.84. The fraction of sp³-hybridized carbons (Fsp3) is 0.737. The van der Waals surface area contributed by atoms with Crippen molar-refractivity contribution in [3.05, 3.63) is 54.6 Å². The zero-order chi connectivity index (χ0) is 34.1. The number of alkyl halides is 1. The van der Waals surface area contributed by atoms with Crippen LogP contribution in [0.1, 0.15) is 91.9 Å². The van der Waals surface area contributed by atoms with Gasteiger partial charge in [-0.2, -0.15) is 0 Å². The highest BCUT2D eigenvalue weighted by Crippen LogP contribution is 2.40. The zero-order valence-corrected chi connectivity index (χ0v) is 30.6. The number of rotatable bonds is 19. The summed E-state index contributed by atoms with van der Waals surface area (Å²) in [6.45, 7) is 18.5. The van der Waals surface area contributed by atoms with Crippen molar-refractivity contribution in [2.45, 2.75) is 139 Å². The lowest BCUT2D eigenvalue weighted by molar-refractivity contribution is -0.0586. The van der Waals surface area contributed by atoms with Gasteiger partial charge in [0.25, 0.3) is 0 Å². The molecule has 9 heteroatoms. The highest BCUT2D eigenvalue weighted by atomic mass is 35.5. The molecule has 0 saturated carbocycles. The minimum atomic E-state index is -3.50. The van der Waals surface area contributed by atoms with Crippen LogP contribution < -0.4 is 0 Å². The van der Waals surface area contributed by atoms with Gasteiger partial charge in [-0.1, -0.05) is 65.5 Å². The van der Waals surface area contributed by atoms with Crippen LogP contribution in [0.4, 0.5) is 0 Å². The van der Waals surface area contributed by atoms with E-state index in [1.165, 1.54) is 0 Å². The number of hydrogen-bond donors (Lipinski definition) is 1. The summed E-state index contributed by atoms with van der Waals surface area (Å²) in [5.74, 6) is 0.572. The molecule has 0 radical (unpaired) electrons. The first-order valence-electron chi connectivity index (χ1n) is 17.9. The Labute approximate surface area is 289 Å². The number of aliphatic hydroxyl groups excluding tert-OH is 1. The number of aliphatic hydroxyl groups is 1. The van der Waals surface area contributed by atoms with Gasteiger partial charge in [0.1, 0.15) is 0 Å². The first-order valence-corrected chi connectivity index (χ1v) is 19.9. The summed E-state index contributed by atoms with van der Waals surface area (Å²) in [5.41, 5.74) is 1.89. The molecule has 0 amide bonds. The third-order valence-corrected chi connectivity index (χ3v) is 12.8. The third kappa shape index (κ3) is 11.4. The summed E-state index contributed by atoms with van der Waals surface area (Å²) in [6, 6.07) is 8.64. The molecule has 4 rings (SSSR count). The topological polar surface area (TPSA) is 91.3 Å². The molecule has 47 heavy (non-hydrogen) atoms. The summed E-state index contributed by atoms with van der Waals surface area (Å²) in [5, 5.41) is 11.3. The first-order chi connectivity index (χ1) is 22.4. The molecule has 1 aromatic rings. The minimum Gasteiger partial charge on any atom is -0.389 e. The predicted octanol–water partition coefficient (Wildman–Crippen LogP) is 7.89. The molecule has 266 valence electrons. The molecule has 0 spiro atoms. The molecule has 3 aliphatic rings. The SMILES string of the molecule is C=C(C[C@H](C)C[C@@H](Cl)CC[C@@H]1O[C@@H](CCC2OCCO2)CC1=C)[C@H](O)C[C@@H]1O[C@H](C[C@H](C)CC)[C@H](C)[C@H]1CS(=O)(=O)c1ccccc1. The lowest BCUT2D eigenvalue weighted by Gasteiger charge is -2.25. The second-order valence-corrected chi connectivity index (χ2v) is 17.2. The van der Waals surface area contributed by atoms with Gasteiger partial charge in [-0.05, 0) is 86.0 Å². The number of ether oxygens (including phenoxy) is 4. The summed E-state index contributed by atoms with van der Waals surface area (Å²) in [7, 11) is -3.50. The van der Waals surface area contributed by atoms with Gasteiger partial charge >= 0.3 is 0 Å². The zero-order valence-electron chi connectivity index (χ0n) is 29.0. The van der Waals surface area contributed by atoms with E-state index in [2.05, 4.69) is 40.9 Å². The van der Waals surface area contributed by atoms with E-state index in [4.69, 9.17) is 30.5 Å². The molecule has 10 atom stereocenters. The van der Waals surface area contributed by atoms with Crippen LogP contribution in [-0.4, -0.2) is 74.7 Å². The molecule has 1 N–H and O–H groups in total. The van der Waals surface area contributed by atoms with Crippen molar-refractivity contribution < 1.29 is 32.5 Å². The Morgan fingerprint density at radius 1 is 1.02 bits per heavy atom. The molecule has 0 aromatic heterocycles. The molecule has 3 saturated heterocycles. The van der Waals surface area contributed by atoms with Crippen molar-refractivity contribution >= 4 is 21.4 Å². The molecule has 3 heterocycles. The Kier molecular flexibility index (Phi) is 14.9. The van der Waals surface area contributed by atoms with Crippen LogP contribution in [0.3, 0.4) is 0 Å². The number of halogens is 1. The van der Waals surface area contributed by atoms with Crippen LogP contribution in [0.25, 0.3) is 0 Å². The van der Waals surface area contributed by atoms with Gasteiger partial charge in [0.15, 0.2) is 16.1 Å². The van der Waals surface area contributed by atoms with Gasteiger partial charge in [-0.25, -0.2) is 8.42 Å². The molecule has 0 bridgehead atoms. The lowest BCUT2D eigenvalue weighted by Crippen LogP contribution is -2.31. The van der Waals surface area contributed by atoms with Crippen LogP contribution in [0.2, 0.25) is 0 Å². The van der Waals surface area contributed by atoms with Gasteiger partial charge in [0, 0.05) is 24.1 Å². The fourth-order valence-electron chi connectivity index (χ4n) is 7.44. The predicted molar refractivity (Wildman–Crippen MR) is 188 cm³/mol. The molecule has 3 aliphatic heterocycles. The fourth-order valence-corrected chi connectivity index (χ4v) is 9.66. The average molecular weight is 695 g/mol. The maximum atomic E-state index is 13.4. The van der Waals surface area contributed by atoms with E-state index in [9.17, 15) is 13.5 Å². The van der Waals surface area contributed by atoms with Crippen LogP contribution in [0.15, 0.2) is 59.5 Å². The minimum absolute atomic E-state index is 0.00457. The van der Waals surface area contributed by atoms with Crippen LogP contribution in [-0.2, 0) is 28.8 Å². The molecule has 0 aliphatic carbocycles. The van der Waals surface area contributed by atoms with Crippen molar-refractivity contribution in [1.29, 1.82) is 0 Å². The van der Waals surface area contributed by atoms with Crippen molar-refractivity contribution in [2.75, 3.05) is 19.0 Å². The number of benzene rings is 1. The smallest absolute Gasteiger partial charge is 0.178 e. The second-order valence-electron chi connectivity index (χ2n) is 14.6. The Hall–Kier alpha value is -1.26. The maximum Gasteiger partial charge on any atom is 0.178 e.